The second kappa shape index (κ2) is 5.21. The molecule has 0 bridgehead atoms. The van der Waals surface area contributed by atoms with Gasteiger partial charge in [-0.05, 0) is 43.2 Å². The number of nitrogens with zero attached hydrogens (tertiary/aromatic N) is 1. The first-order valence-electron chi connectivity index (χ1n) is 5.02. The van der Waals surface area contributed by atoms with E-state index in [0.717, 1.165) is 17.7 Å². The van der Waals surface area contributed by atoms with E-state index < -0.39 is 0 Å². The number of hydrogen-bond donors (Lipinski definition) is 0. The number of nitriles is 1. The molecule has 0 saturated carbocycles. The van der Waals surface area contributed by atoms with Crippen molar-refractivity contribution in [1.29, 1.82) is 5.26 Å². The summed E-state index contributed by atoms with van der Waals surface area (Å²) >= 11 is 0. The normalized spacial score (nSPS) is 11.5. The topological polar surface area (TPSA) is 33.0 Å². The Labute approximate surface area is 90.8 Å². The molecule has 0 radical (unpaired) electrons. The van der Waals surface area contributed by atoms with E-state index in [1.807, 2.05) is 6.92 Å². The average Bonchev–Trinajstić information content (AvgIpc) is 2.29. The lowest BCUT2D eigenvalue weighted by Crippen LogP contribution is -2.13. The fourth-order valence-corrected chi connectivity index (χ4v) is 1.18. The predicted molar refractivity (Wildman–Crippen MR) is 60.7 cm³/mol. The molecule has 0 amide bonds. The minimum atomic E-state index is 0.0166. The molecular weight excluding hydrogens is 186 g/mol. The van der Waals surface area contributed by atoms with Crippen LogP contribution in [-0.4, -0.2) is 6.10 Å². The Morgan fingerprint density at radius 1 is 1.47 bits per heavy atom. The summed E-state index contributed by atoms with van der Waals surface area (Å²) in [6.45, 7) is 7.96. The zero-order chi connectivity index (χ0) is 11.3. The van der Waals surface area contributed by atoms with Crippen LogP contribution in [0.1, 0.15) is 25.8 Å². The van der Waals surface area contributed by atoms with Gasteiger partial charge in [-0.25, -0.2) is 0 Å². The van der Waals surface area contributed by atoms with Crippen molar-refractivity contribution in [1.82, 2.24) is 0 Å². The lowest BCUT2D eigenvalue weighted by atomic mass is 10.1. The van der Waals surface area contributed by atoms with Crippen LogP contribution in [0.5, 0.6) is 5.75 Å². The van der Waals surface area contributed by atoms with E-state index in [4.69, 9.17) is 10.00 Å². The highest BCUT2D eigenvalue weighted by molar-refractivity contribution is 5.34. The van der Waals surface area contributed by atoms with E-state index in [1.54, 1.807) is 24.3 Å². The number of benzene rings is 1. The van der Waals surface area contributed by atoms with Crippen molar-refractivity contribution in [3.05, 3.63) is 42.0 Å². The predicted octanol–water partition coefficient (Wildman–Crippen LogP) is 3.29. The summed E-state index contributed by atoms with van der Waals surface area (Å²) in [6, 6.07) is 9.17. The van der Waals surface area contributed by atoms with Crippen LogP contribution in [0.3, 0.4) is 0 Å². The summed E-state index contributed by atoms with van der Waals surface area (Å²) in [5.74, 6) is 0.774. The SMILES string of the molecule is C=C(CC)C(C)Oc1ccc(C#N)cc1. The average molecular weight is 201 g/mol. The lowest BCUT2D eigenvalue weighted by Gasteiger charge is -2.15. The van der Waals surface area contributed by atoms with Crippen molar-refractivity contribution < 1.29 is 4.74 Å². The lowest BCUT2D eigenvalue weighted by molar-refractivity contribution is 0.254. The summed E-state index contributed by atoms with van der Waals surface area (Å²) < 4.78 is 5.66. The first kappa shape index (κ1) is 11.3. The van der Waals surface area contributed by atoms with Gasteiger partial charge in [0.05, 0.1) is 11.6 Å². The number of hydrogen-bond acceptors (Lipinski definition) is 2. The van der Waals surface area contributed by atoms with Crippen molar-refractivity contribution in [2.75, 3.05) is 0 Å². The van der Waals surface area contributed by atoms with Crippen LogP contribution in [0.2, 0.25) is 0 Å². The number of ether oxygens (including phenoxy) is 1. The van der Waals surface area contributed by atoms with Crippen LogP contribution in [-0.2, 0) is 0 Å². The molecule has 0 aliphatic carbocycles. The molecule has 1 aromatic rings. The monoisotopic (exact) mass is 201 g/mol. The molecule has 0 aromatic heterocycles. The molecule has 0 heterocycles. The van der Waals surface area contributed by atoms with E-state index in [-0.39, 0.29) is 6.10 Å². The molecule has 0 spiro atoms. The molecule has 0 N–H and O–H groups in total. The molecular formula is C13H15NO. The second-order valence-corrected chi connectivity index (χ2v) is 3.41. The first-order valence-corrected chi connectivity index (χ1v) is 5.02. The Balaban J connectivity index is 2.66. The van der Waals surface area contributed by atoms with Gasteiger partial charge in [-0.15, -0.1) is 0 Å². The van der Waals surface area contributed by atoms with Crippen LogP contribution in [0.15, 0.2) is 36.4 Å². The van der Waals surface area contributed by atoms with Gasteiger partial charge < -0.3 is 4.74 Å². The van der Waals surface area contributed by atoms with Gasteiger partial charge in [0.1, 0.15) is 11.9 Å². The van der Waals surface area contributed by atoms with Gasteiger partial charge >= 0.3 is 0 Å². The minimum absolute atomic E-state index is 0.0166. The van der Waals surface area contributed by atoms with Crippen molar-refractivity contribution in [3.8, 4) is 11.8 Å². The van der Waals surface area contributed by atoms with E-state index in [0.29, 0.717) is 5.56 Å². The molecule has 15 heavy (non-hydrogen) atoms. The first-order chi connectivity index (χ1) is 7.17. The third-order valence-corrected chi connectivity index (χ3v) is 2.33. The van der Waals surface area contributed by atoms with Crippen LogP contribution in [0, 0.1) is 11.3 Å². The summed E-state index contributed by atoms with van der Waals surface area (Å²) in [6.07, 6.45) is 0.931. The van der Waals surface area contributed by atoms with E-state index in [2.05, 4.69) is 19.6 Å². The highest BCUT2D eigenvalue weighted by Crippen LogP contribution is 2.16. The Morgan fingerprint density at radius 3 is 2.53 bits per heavy atom. The van der Waals surface area contributed by atoms with Crippen LogP contribution in [0.4, 0.5) is 0 Å². The fourth-order valence-electron chi connectivity index (χ4n) is 1.18. The summed E-state index contributed by atoms with van der Waals surface area (Å²) in [5.41, 5.74) is 1.71. The molecule has 1 unspecified atom stereocenters. The fraction of sp³-hybridized carbons (Fsp3) is 0.308. The van der Waals surface area contributed by atoms with Gasteiger partial charge in [-0.3, -0.25) is 0 Å². The molecule has 0 aliphatic heterocycles. The maximum absolute atomic E-state index is 8.63. The van der Waals surface area contributed by atoms with Crippen molar-refractivity contribution in [2.45, 2.75) is 26.4 Å². The molecule has 78 valence electrons. The van der Waals surface area contributed by atoms with Gasteiger partial charge in [0.25, 0.3) is 0 Å². The molecule has 2 nitrogen and oxygen atoms in total. The zero-order valence-corrected chi connectivity index (χ0v) is 9.16. The molecule has 1 aromatic carbocycles. The highest BCUT2D eigenvalue weighted by atomic mass is 16.5. The highest BCUT2D eigenvalue weighted by Gasteiger charge is 2.06. The van der Waals surface area contributed by atoms with Gasteiger partial charge in [0, 0.05) is 0 Å². The van der Waals surface area contributed by atoms with E-state index >= 15 is 0 Å². The van der Waals surface area contributed by atoms with Crippen LogP contribution < -0.4 is 4.74 Å². The van der Waals surface area contributed by atoms with Gasteiger partial charge in [-0.2, -0.15) is 5.26 Å². The summed E-state index contributed by atoms with van der Waals surface area (Å²) in [5, 5.41) is 8.63. The minimum Gasteiger partial charge on any atom is -0.486 e. The van der Waals surface area contributed by atoms with Gasteiger partial charge in [0.15, 0.2) is 0 Å². The Morgan fingerprint density at radius 2 is 2.07 bits per heavy atom. The van der Waals surface area contributed by atoms with Crippen molar-refractivity contribution >= 4 is 0 Å². The van der Waals surface area contributed by atoms with Crippen molar-refractivity contribution in [2.24, 2.45) is 0 Å². The smallest absolute Gasteiger partial charge is 0.120 e. The van der Waals surface area contributed by atoms with Gasteiger partial charge in [0.2, 0.25) is 0 Å². The standard InChI is InChI=1S/C13H15NO/c1-4-10(2)11(3)15-13-7-5-12(9-14)6-8-13/h5-8,11H,2,4H2,1,3H3. The zero-order valence-electron chi connectivity index (χ0n) is 9.16. The van der Waals surface area contributed by atoms with Crippen LogP contribution >= 0.6 is 0 Å². The third kappa shape index (κ3) is 3.14. The Kier molecular flexibility index (Phi) is 3.93. The van der Waals surface area contributed by atoms with Crippen molar-refractivity contribution in [3.63, 3.8) is 0 Å². The van der Waals surface area contributed by atoms with E-state index in [9.17, 15) is 0 Å². The quantitative estimate of drug-likeness (QED) is 0.700. The Hall–Kier alpha value is -1.75. The molecule has 0 fully saturated rings. The second-order valence-electron chi connectivity index (χ2n) is 3.41. The molecule has 0 saturated heterocycles. The maximum atomic E-state index is 8.63. The van der Waals surface area contributed by atoms with E-state index in [1.165, 1.54) is 0 Å². The van der Waals surface area contributed by atoms with Gasteiger partial charge in [-0.1, -0.05) is 13.5 Å². The summed E-state index contributed by atoms with van der Waals surface area (Å²) in [4.78, 5) is 0. The molecule has 1 atom stereocenters. The summed E-state index contributed by atoms with van der Waals surface area (Å²) in [7, 11) is 0. The van der Waals surface area contributed by atoms with Crippen LogP contribution in [0.25, 0.3) is 0 Å². The number of rotatable bonds is 4. The third-order valence-electron chi connectivity index (χ3n) is 2.33. The maximum Gasteiger partial charge on any atom is 0.120 e. The largest absolute Gasteiger partial charge is 0.486 e. The molecule has 0 aliphatic rings. The molecule has 2 heteroatoms. The molecule has 1 rings (SSSR count). The Bertz CT molecular complexity index is 373.